The van der Waals surface area contributed by atoms with Crippen molar-refractivity contribution in [1.29, 1.82) is 0 Å². The number of aromatic nitrogens is 1. The molecule has 1 amide bonds. The fraction of sp³-hybridized carbons (Fsp3) is 0.0870. The molecule has 150 valence electrons. The van der Waals surface area contributed by atoms with Crippen molar-refractivity contribution >= 4 is 34.6 Å². The predicted octanol–water partition coefficient (Wildman–Crippen LogP) is 5.53. The van der Waals surface area contributed by atoms with Crippen LogP contribution >= 0.6 is 22.9 Å². The first-order valence-corrected chi connectivity index (χ1v) is 10.4. The fourth-order valence-electron chi connectivity index (χ4n) is 3.06. The zero-order valence-electron chi connectivity index (χ0n) is 16.0. The summed E-state index contributed by atoms with van der Waals surface area (Å²) in [6, 6.07) is 19.9. The van der Waals surface area contributed by atoms with Gasteiger partial charge in [0.2, 0.25) is 5.78 Å². The molecule has 2 aromatic heterocycles. The van der Waals surface area contributed by atoms with Gasteiger partial charge in [0.25, 0.3) is 5.91 Å². The third-order valence-corrected chi connectivity index (χ3v) is 5.98. The standard InChI is InChI=1S/C23H17ClN2O3S/c1-14-20(21(26-29-14)17-9-5-6-10-18(17)24)23(28)25-13-16-11-12-19(30-16)22(27)15-7-3-2-4-8-15/h2-12H,13H2,1H3,(H,25,28). The van der Waals surface area contributed by atoms with Gasteiger partial charge in [-0.25, -0.2) is 0 Å². The van der Waals surface area contributed by atoms with E-state index in [0.717, 1.165) is 4.88 Å². The van der Waals surface area contributed by atoms with E-state index in [2.05, 4.69) is 10.5 Å². The van der Waals surface area contributed by atoms with Crippen molar-refractivity contribution in [2.24, 2.45) is 0 Å². The van der Waals surface area contributed by atoms with E-state index in [1.807, 2.05) is 36.4 Å². The van der Waals surface area contributed by atoms with Crippen LogP contribution in [0.15, 0.2) is 71.3 Å². The van der Waals surface area contributed by atoms with Gasteiger partial charge in [-0.3, -0.25) is 9.59 Å². The molecule has 0 atom stereocenters. The molecule has 0 unspecified atom stereocenters. The Morgan fingerprint density at radius 3 is 2.53 bits per heavy atom. The highest BCUT2D eigenvalue weighted by atomic mass is 35.5. The number of rotatable bonds is 6. The number of amides is 1. The minimum absolute atomic E-state index is 0.0333. The van der Waals surface area contributed by atoms with E-state index in [1.54, 1.807) is 37.3 Å². The number of benzene rings is 2. The summed E-state index contributed by atoms with van der Waals surface area (Å²) in [5, 5.41) is 7.39. The zero-order chi connectivity index (χ0) is 21.1. The van der Waals surface area contributed by atoms with E-state index in [-0.39, 0.29) is 18.2 Å². The second-order valence-electron chi connectivity index (χ2n) is 6.59. The van der Waals surface area contributed by atoms with Crippen LogP contribution < -0.4 is 5.32 Å². The second kappa shape index (κ2) is 8.65. The topological polar surface area (TPSA) is 72.2 Å². The average Bonchev–Trinajstić information content (AvgIpc) is 3.39. The van der Waals surface area contributed by atoms with Crippen molar-refractivity contribution in [3.8, 4) is 11.3 Å². The summed E-state index contributed by atoms with van der Waals surface area (Å²) < 4.78 is 5.25. The minimum Gasteiger partial charge on any atom is -0.360 e. The molecule has 0 fully saturated rings. The molecule has 0 aliphatic carbocycles. The van der Waals surface area contributed by atoms with Gasteiger partial charge in [0.1, 0.15) is 17.0 Å². The molecule has 0 aliphatic heterocycles. The van der Waals surface area contributed by atoms with Crippen LogP contribution in [-0.2, 0) is 6.54 Å². The van der Waals surface area contributed by atoms with E-state index in [9.17, 15) is 9.59 Å². The number of aryl methyl sites for hydroxylation is 1. The summed E-state index contributed by atoms with van der Waals surface area (Å²) in [6.07, 6.45) is 0. The molecule has 30 heavy (non-hydrogen) atoms. The van der Waals surface area contributed by atoms with Crippen LogP contribution in [0.4, 0.5) is 0 Å². The monoisotopic (exact) mass is 436 g/mol. The average molecular weight is 437 g/mol. The lowest BCUT2D eigenvalue weighted by Gasteiger charge is -2.06. The van der Waals surface area contributed by atoms with Crippen LogP contribution in [0.2, 0.25) is 5.02 Å². The number of halogens is 1. The van der Waals surface area contributed by atoms with Crippen molar-refractivity contribution in [2.75, 3.05) is 0 Å². The van der Waals surface area contributed by atoms with Crippen LogP contribution in [-0.4, -0.2) is 16.8 Å². The summed E-state index contributed by atoms with van der Waals surface area (Å²) in [5.74, 6) is 0.0654. The van der Waals surface area contributed by atoms with E-state index in [0.29, 0.717) is 38.0 Å². The van der Waals surface area contributed by atoms with Crippen molar-refractivity contribution in [1.82, 2.24) is 10.5 Å². The SMILES string of the molecule is Cc1onc(-c2ccccc2Cl)c1C(=O)NCc1ccc(C(=O)c2ccccc2)s1. The largest absolute Gasteiger partial charge is 0.360 e. The molecule has 0 aliphatic rings. The molecule has 0 saturated carbocycles. The van der Waals surface area contributed by atoms with Crippen molar-refractivity contribution in [2.45, 2.75) is 13.5 Å². The Labute approximate surface area is 182 Å². The van der Waals surface area contributed by atoms with E-state index < -0.39 is 0 Å². The number of carbonyl (C=O) groups excluding carboxylic acids is 2. The van der Waals surface area contributed by atoms with Crippen LogP contribution in [0.3, 0.4) is 0 Å². The third kappa shape index (κ3) is 4.06. The molecular weight excluding hydrogens is 420 g/mol. The van der Waals surface area contributed by atoms with Gasteiger partial charge in [-0.2, -0.15) is 0 Å². The van der Waals surface area contributed by atoms with E-state index >= 15 is 0 Å². The number of nitrogens with one attached hydrogen (secondary N) is 1. The molecule has 1 N–H and O–H groups in total. The molecule has 7 heteroatoms. The van der Waals surface area contributed by atoms with E-state index in [1.165, 1.54) is 11.3 Å². The van der Waals surface area contributed by atoms with Gasteiger partial charge in [-0.1, -0.05) is 65.3 Å². The number of thiophene rings is 1. The van der Waals surface area contributed by atoms with E-state index in [4.69, 9.17) is 16.1 Å². The van der Waals surface area contributed by atoms with Gasteiger partial charge in [0.15, 0.2) is 0 Å². The first-order valence-electron chi connectivity index (χ1n) is 9.22. The first kappa shape index (κ1) is 20.1. The summed E-state index contributed by atoms with van der Waals surface area (Å²) in [4.78, 5) is 26.9. The van der Waals surface area contributed by atoms with Crippen molar-refractivity contribution in [3.05, 3.63) is 98.4 Å². The Hall–Kier alpha value is -3.22. The normalized spacial score (nSPS) is 10.7. The Morgan fingerprint density at radius 1 is 1.03 bits per heavy atom. The molecule has 5 nitrogen and oxygen atoms in total. The summed E-state index contributed by atoms with van der Waals surface area (Å²) in [5.41, 5.74) is 2.02. The van der Waals surface area contributed by atoms with Crippen LogP contribution in [0.1, 0.15) is 36.2 Å². The molecule has 0 spiro atoms. The van der Waals surface area contributed by atoms with Gasteiger partial charge in [-0.05, 0) is 25.1 Å². The van der Waals surface area contributed by atoms with Crippen LogP contribution in [0, 0.1) is 6.92 Å². The summed E-state index contributed by atoms with van der Waals surface area (Å²) in [6.45, 7) is 1.97. The molecule has 2 aromatic carbocycles. The quantitative estimate of drug-likeness (QED) is 0.403. The third-order valence-electron chi connectivity index (χ3n) is 4.56. The van der Waals surface area contributed by atoms with Gasteiger partial charge < -0.3 is 9.84 Å². The number of nitrogens with zero attached hydrogens (tertiary/aromatic N) is 1. The minimum atomic E-state index is -0.312. The van der Waals surface area contributed by atoms with Crippen molar-refractivity contribution < 1.29 is 14.1 Å². The molecule has 0 bridgehead atoms. The Bertz CT molecular complexity index is 1210. The number of hydrogen-bond acceptors (Lipinski definition) is 5. The highest BCUT2D eigenvalue weighted by molar-refractivity contribution is 7.14. The lowest BCUT2D eigenvalue weighted by Crippen LogP contribution is -2.23. The zero-order valence-corrected chi connectivity index (χ0v) is 17.6. The Morgan fingerprint density at radius 2 is 1.77 bits per heavy atom. The Balaban J connectivity index is 1.49. The Kier molecular flexibility index (Phi) is 5.79. The lowest BCUT2D eigenvalue weighted by molar-refractivity contribution is 0.0949. The molecule has 0 radical (unpaired) electrons. The molecule has 0 saturated heterocycles. The summed E-state index contributed by atoms with van der Waals surface area (Å²) >= 11 is 7.61. The van der Waals surface area contributed by atoms with Gasteiger partial charge in [-0.15, -0.1) is 11.3 Å². The van der Waals surface area contributed by atoms with Gasteiger partial charge in [0, 0.05) is 16.0 Å². The van der Waals surface area contributed by atoms with Crippen molar-refractivity contribution in [3.63, 3.8) is 0 Å². The maximum Gasteiger partial charge on any atom is 0.257 e. The lowest BCUT2D eigenvalue weighted by atomic mass is 10.1. The molecule has 2 heterocycles. The molecule has 4 aromatic rings. The predicted molar refractivity (Wildman–Crippen MR) is 117 cm³/mol. The number of hydrogen-bond donors (Lipinski definition) is 1. The maximum absolute atomic E-state index is 12.9. The number of carbonyl (C=O) groups is 2. The number of ketones is 1. The highest BCUT2D eigenvalue weighted by Gasteiger charge is 2.23. The molecular formula is C23H17ClN2O3S. The maximum atomic E-state index is 12.9. The van der Waals surface area contributed by atoms with Crippen LogP contribution in [0.25, 0.3) is 11.3 Å². The first-order chi connectivity index (χ1) is 14.5. The van der Waals surface area contributed by atoms with Gasteiger partial charge >= 0.3 is 0 Å². The summed E-state index contributed by atoms with van der Waals surface area (Å²) in [7, 11) is 0. The molecule has 4 rings (SSSR count). The van der Waals surface area contributed by atoms with Crippen LogP contribution in [0.5, 0.6) is 0 Å². The smallest absolute Gasteiger partial charge is 0.257 e. The second-order valence-corrected chi connectivity index (χ2v) is 8.16. The fourth-order valence-corrected chi connectivity index (χ4v) is 4.19. The highest BCUT2D eigenvalue weighted by Crippen LogP contribution is 2.31. The van der Waals surface area contributed by atoms with Gasteiger partial charge in [0.05, 0.1) is 16.4 Å².